The zero-order chi connectivity index (χ0) is 22.2. The van der Waals surface area contributed by atoms with Crippen LogP contribution in [0.1, 0.15) is 19.4 Å². The number of benzene rings is 2. The Labute approximate surface area is 183 Å². The molecule has 2 amide bonds. The normalized spacial score (nSPS) is 19.5. The molecule has 31 heavy (non-hydrogen) atoms. The standard InChI is InChI=1S/C24H31FN4O2/c1-3-28(17-20-8-5-4-6-9-20)24(31)19(2)29-14-12-27(13-15-29)18-23(30)26-22-11-7-10-21(25)16-22/h4-11,16,19H,3,12-15,17-18H2,1-2H3,(H,26,30)/p+2/t19-/m0/s1. The van der Waals surface area contributed by atoms with Crippen molar-refractivity contribution in [2.24, 2.45) is 0 Å². The number of rotatable bonds is 8. The summed E-state index contributed by atoms with van der Waals surface area (Å²) in [6.45, 7) is 9.03. The molecule has 3 rings (SSSR count). The van der Waals surface area contributed by atoms with Crippen molar-refractivity contribution in [2.75, 3.05) is 44.6 Å². The quantitative estimate of drug-likeness (QED) is 0.554. The first-order chi connectivity index (χ1) is 15.0. The highest BCUT2D eigenvalue weighted by molar-refractivity contribution is 5.91. The lowest BCUT2D eigenvalue weighted by molar-refractivity contribution is -1.01. The minimum absolute atomic E-state index is 0.105. The molecule has 0 aliphatic carbocycles. The average Bonchev–Trinajstić information content (AvgIpc) is 2.77. The Balaban J connectivity index is 1.46. The fourth-order valence-electron chi connectivity index (χ4n) is 4.13. The second kappa shape index (κ2) is 11.0. The fourth-order valence-corrected chi connectivity index (χ4v) is 4.13. The summed E-state index contributed by atoms with van der Waals surface area (Å²) >= 11 is 0. The molecule has 2 aromatic rings. The summed E-state index contributed by atoms with van der Waals surface area (Å²) in [5.41, 5.74) is 1.62. The molecular weight excluding hydrogens is 395 g/mol. The maximum absolute atomic E-state index is 13.3. The summed E-state index contributed by atoms with van der Waals surface area (Å²) in [4.78, 5) is 29.7. The number of nitrogens with one attached hydrogen (secondary N) is 3. The molecule has 166 valence electrons. The highest BCUT2D eigenvalue weighted by Crippen LogP contribution is 2.08. The van der Waals surface area contributed by atoms with Crippen molar-refractivity contribution in [1.82, 2.24) is 4.90 Å². The van der Waals surface area contributed by atoms with E-state index in [4.69, 9.17) is 0 Å². The van der Waals surface area contributed by atoms with Crippen LogP contribution >= 0.6 is 0 Å². The van der Waals surface area contributed by atoms with Crippen LogP contribution in [0.15, 0.2) is 54.6 Å². The number of likely N-dealkylation sites (N-methyl/N-ethyl adjacent to an activating group) is 1. The first-order valence-electron chi connectivity index (χ1n) is 11.0. The van der Waals surface area contributed by atoms with Gasteiger partial charge < -0.3 is 20.0 Å². The van der Waals surface area contributed by atoms with Gasteiger partial charge in [0.15, 0.2) is 12.6 Å². The third kappa shape index (κ3) is 6.60. The molecule has 1 fully saturated rings. The van der Waals surface area contributed by atoms with Crippen LogP contribution in [0.5, 0.6) is 0 Å². The van der Waals surface area contributed by atoms with Crippen LogP contribution in [-0.2, 0) is 16.1 Å². The van der Waals surface area contributed by atoms with E-state index in [9.17, 15) is 14.0 Å². The topological polar surface area (TPSA) is 58.3 Å². The number of amides is 2. The van der Waals surface area contributed by atoms with Crippen LogP contribution in [0.2, 0.25) is 0 Å². The number of hydrogen-bond donors (Lipinski definition) is 3. The lowest BCUT2D eigenvalue weighted by Crippen LogP contribution is -3.30. The van der Waals surface area contributed by atoms with Gasteiger partial charge in [-0.1, -0.05) is 36.4 Å². The summed E-state index contributed by atoms with van der Waals surface area (Å²) in [5.74, 6) is -0.309. The van der Waals surface area contributed by atoms with Crippen molar-refractivity contribution in [3.8, 4) is 0 Å². The van der Waals surface area contributed by atoms with Gasteiger partial charge in [0.05, 0.1) is 0 Å². The molecular formula is C24H33FN4O2+2. The molecule has 3 N–H and O–H groups in total. The Morgan fingerprint density at radius 1 is 1.06 bits per heavy atom. The second-order valence-electron chi connectivity index (χ2n) is 8.20. The molecule has 0 unspecified atom stereocenters. The number of carbonyl (C=O) groups excluding carboxylic acids is 2. The van der Waals surface area contributed by atoms with E-state index in [2.05, 4.69) is 5.32 Å². The van der Waals surface area contributed by atoms with Crippen LogP contribution in [0, 0.1) is 5.82 Å². The Morgan fingerprint density at radius 3 is 2.42 bits per heavy atom. The molecule has 1 heterocycles. The van der Waals surface area contributed by atoms with E-state index in [0.29, 0.717) is 25.3 Å². The van der Waals surface area contributed by atoms with Gasteiger partial charge in [-0.05, 0) is 37.6 Å². The van der Waals surface area contributed by atoms with Crippen LogP contribution in [0.3, 0.4) is 0 Å². The third-order valence-electron chi connectivity index (χ3n) is 6.01. The van der Waals surface area contributed by atoms with Gasteiger partial charge in [-0.3, -0.25) is 9.59 Å². The summed E-state index contributed by atoms with van der Waals surface area (Å²) in [7, 11) is 0. The summed E-state index contributed by atoms with van der Waals surface area (Å²) in [6, 6.07) is 15.9. The van der Waals surface area contributed by atoms with Crippen LogP contribution < -0.4 is 15.1 Å². The minimum atomic E-state index is -0.366. The molecule has 0 radical (unpaired) electrons. The SMILES string of the molecule is CCN(Cc1ccccc1)C(=O)[C@H](C)[NH+]1CC[NH+](CC(=O)Nc2cccc(F)c2)CC1. The van der Waals surface area contributed by atoms with E-state index in [-0.39, 0.29) is 23.7 Å². The number of halogens is 1. The largest absolute Gasteiger partial charge is 0.334 e. The molecule has 0 spiro atoms. The average molecular weight is 429 g/mol. The van der Waals surface area contributed by atoms with Crippen molar-refractivity contribution in [1.29, 1.82) is 0 Å². The maximum Gasteiger partial charge on any atom is 0.280 e. The predicted molar refractivity (Wildman–Crippen MR) is 118 cm³/mol. The van der Waals surface area contributed by atoms with Gasteiger partial charge in [-0.2, -0.15) is 0 Å². The van der Waals surface area contributed by atoms with E-state index < -0.39 is 0 Å². The van der Waals surface area contributed by atoms with Gasteiger partial charge in [0.2, 0.25) is 0 Å². The van der Waals surface area contributed by atoms with Gasteiger partial charge in [-0.15, -0.1) is 0 Å². The number of quaternary nitrogens is 2. The second-order valence-corrected chi connectivity index (χ2v) is 8.20. The maximum atomic E-state index is 13.3. The van der Waals surface area contributed by atoms with E-state index in [1.54, 1.807) is 12.1 Å². The number of carbonyl (C=O) groups is 2. The van der Waals surface area contributed by atoms with Gasteiger partial charge in [-0.25, -0.2) is 4.39 Å². The molecule has 1 atom stereocenters. The van der Waals surface area contributed by atoms with Gasteiger partial charge in [0, 0.05) is 18.8 Å². The zero-order valence-electron chi connectivity index (χ0n) is 18.4. The summed E-state index contributed by atoms with van der Waals surface area (Å²) in [6.07, 6.45) is 0. The van der Waals surface area contributed by atoms with Crippen molar-refractivity contribution < 1.29 is 23.8 Å². The molecule has 2 aromatic carbocycles. The van der Waals surface area contributed by atoms with Crippen molar-refractivity contribution >= 4 is 17.5 Å². The number of piperazine rings is 1. The van der Waals surface area contributed by atoms with Crippen LogP contribution in [0.4, 0.5) is 10.1 Å². The number of nitrogens with zero attached hydrogens (tertiary/aromatic N) is 1. The van der Waals surface area contributed by atoms with E-state index >= 15 is 0 Å². The Hall–Kier alpha value is -2.77. The fraction of sp³-hybridized carbons (Fsp3) is 0.417. The Kier molecular flexibility index (Phi) is 8.14. The molecule has 1 saturated heterocycles. The smallest absolute Gasteiger partial charge is 0.280 e. The first-order valence-corrected chi connectivity index (χ1v) is 11.0. The Bertz CT molecular complexity index is 869. The van der Waals surface area contributed by atoms with Gasteiger partial charge in [0.25, 0.3) is 11.8 Å². The van der Waals surface area contributed by atoms with Crippen LogP contribution in [-0.4, -0.2) is 62.0 Å². The lowest BCUT2D eigenvalue weighted by Gasteiger charge is -2.34. The van der Waals surface area contributed by atoms with E-state index in [0.717, 1.165) is 31.7 Å². The molecule has 1 aliphatic heterocycles. The number of hydrogen-bond acceptors (Lipinski definition) is 2. The van der Waals surface area contributed by atoms with Crippen molar-refractivity contribution in [2.45, 2.75) is 26.4 Å². The Morgan fingerprint density at radius 2 is 1.77 bits per heavy atom. The van der Waals surface area contributed by atoms with E-state index in [1.165, 1.54) is 21.9 Å². The molecule has 6 nitrogen and oxygen atoms in total. The highest BCUT2D eigenvalue weighted by Gasteiger charge is 2.33. The monoisotopic (exact) mass is 428 g/mol. The van der Waals surface area contributed by atoms with Crippen molar-refractivity contribution in [3.05, 3.63) is 66.0 Å². The van der Waals surface area contributed by atoms with Crippen LogP contribution in [0.25, 0.3) is 0 Å². The molecule has 0 saturated carbocycles. The van der Waals surface area contributed by atoms with Gasteiger partial charge >= 0.3 is 0 Å². The molecule has 1 aliphatic rings. The van der Waals surface area contributed by atoms with Crippen molar-refractivity contribution in [3.63, 3.8) is 0 Å². The molecule has 7 heteroatoms. The lowest BCUT2D eigenvalue weighted by atomic mass is 10.1. The third-order valence-corrected chi connectivity index (χ3v) is 6.01. The van der Waals surface area contributed by atoms with Gasteiger partial charge in [0.1, 0.15) is 32.0 Å². The predicted octanol–water partition coefficient (Wildman–Crippen LogP) is -0.0152. The zero-order valence-corrected chi connectivity index (χ0v) is 18.4. The van der Waals surface area contributed by atoms with E-state index in [1.807, 2.05) is 49.1 Å². The molecule has 0 aromatic heterocycles. The first kappa shape index (κ1) is 22.9. The minimum Gasteiger partial charge on any atom is -0.334 e. The summed E-state index contributed by atoms with van der Waals surface area (Å²) in [5, 5.41) is 2.76. The summed E-state index contributed by atoms with van der Waals surface area (Å²) < 4.78 is 13.3. The molecule has 0 bridgehead atoms. The highest BCUT2D eigenvalue weighted by atomic mass is 19.1. The number of anilines is 1.